The van der Waals surface area contributed by atoms with E-state index >= 15 is 0 Å². The lowest BCUT2D eigenvalue weighted by Crippen LogP contribution is -2.46. The van der Waals surface area contributed by atoms with E-state index in [9.17, 15) is 37.7 Å². The fourth-order valence-corrected chi connectivity index (χ4v) is 2.56. The number of anilines is 1. The quantitative estimate of drug-likeness (QED) is 0.359. The normalized spacial score (nSPS) is 11.6. The van der Waals surface area contributed by atoms with Crippen LogP contribution < -0.4 is 10.6 Å². The smallest absolute Gasteiger partial charge is 0.329 e. The van der Waals surface area contributed by atoms with Gasteiger partial charge in [-0.15, -0.1) is 0 Å². The lowest BCUT2D eigenvalue weighted by atomic mass is 10.0. The van der Waals surface area contributed by atoms with Crippen LogP contribution in [0.25, 0.3) is 0 Å². The maximum absolute atomic E-state index is 13.8. The summed E-state index contributed by atoms with van der Waals surface area (Å²) in [5.74, 6) is -7.08. The van der Waals surface area contributed by atoms with Crippen LogP contribution >= 0.6 is 0 Å². The standard InChI is InChI=1S/C20H18F3N3O6/c1-10(2)18(25-19(28)17-13(22)4-3-5-14(17)23)20(29)32-9-16(27)24-15-8-11(26(30)31)6-7-12(15)21/h3-8,10,18H,9H2,1-2H3,(H,24,27)(H,25,28). The number of hydrogen-bond acceptors (Lipinski definition) is 6. The first-order chi connectivity index (χ1) is 15.0. The van der Waals surface area contributed by atoms with Crippen molar-refractivity contribution in [3.8, 4) is 0 Å². The van der Waals surface area contributed by atoms with Gasteiger partial charge < -0.3 is 15.4 Å². The molecule has 2 rings (SSSR count). The van der Waals surface area contributed by atoms with Gasteiger partial charge in [0.1, 0.15) is 29.1 Å². The van der Waals surface area contributed by atoms with Gasteiger partial charge in [0.15, 0.2) is 6.61 Å². The van der Waals surface area contributed by atoms with Crippen LogP contribution in [0.2, 0.25) is 0 Å². The molecule has 0 spiro atoms. The van der Waals surface area contributed by atoms with Gasteiger partial charge in [0.2, 0.25) is 0 Å². The van der Waals surface area contributed by atoms with Crippen molar-refractivity contribution >= 4 is 29.2 Å². The van der Waals surface area contributed by atoms with E-state index in [-0.39, 0.29) is 0 Å². The van der Waals surface area contributed by atoms with Crippen molar-refractivity contribution < 1.29 is 37.2 Å². The van der Waals surface area contributed by atoms with E-state index in [0.29, 0.717) is 0 Å². The van der Waals surface area contributed by atoms with E-state index in [1.165, 1.54) is 13.8 Å². The monoisotopic (exact) mass is 453 g/mol. The molecule has 0 aliphatic heterocycles. The number of amides is 2. The maximum atomic E-state index is 13.8. The molecule has 0 saturated heterocycles. The van der Waals surface area contributed by atoms with Crippen molar-refractivity contribution in [1.82, 2.24) is 5.32 Å². The van der Waals surface area contributed by atoms with Gasteiger partial charge in [0, 0.05) is 12.1 Å². The number of ether oxygens (including phenoxy) is 1. The molecule has 12 heteroatoms. The summed E-state index contributed by atoms with van der Waals surface area (Å²) >= 11 is 0. The first kappa shape index (κ1) is 24.3. The minimum atomic E-state index is -1.36. The molecule has 32 heavy (non-hydrogen) atoms. The Hall–Kier alpha value is -3.96. The van der Waals surface area contributed by atoms with E-state index in [1.807, 2.05) is 5.32 Å². The highest BCUT2D eigenvalue weighted by atomic mass is 19.1. The SMILES string of the molecule is CC(C)C(NC(=O)c1c(F)cccc1F)C(=O)OCC(=O)Nc1cc([N+](=O)[O-])ccc1F. The van der Waals surface area contributed by atoms with E-state index in [4.69, 9.17) is 4.74 Å². The highest BCUT2D eigenvalue weighted by Gasteiger charge is 2.29. The first-order valence-corrected chi connectivity index (χ1v) is 9.16. The van der Waals surface area contributed by atoms with E-state index in [1.54, 1.807) is 0 Å². The van der Waals surface area contributed by atoms with E-state index in [2.05, 4.69) is 5.32 Å². The Bertz CT molecular complexity index is 1040. The summed E-state index contributed by atoms with van der Waals surface area (Å²) in [6.07, 6.45) is 0. The molecular weight excluding hydrogens is 435 g/mol. The van der Waals surface area contributed by atoms with Gasteiger partial charge >= 0.3 is 5.97 Å². The molecule has 2 amide bonds. The summed E-state index contributed by atoms with van der Waals surface area (Å²) in [6.45, 7) is 2.12. The molecule has 2 aromatic carbocycles. The number of nitrogens with one attached hydrogen (secondary N) is 2. The number of nitro groups is 1. The Morgan fingerprint density at radius 1 is 1.06 bits per heavy atom. The molecule has 9 nitrogen and oxygen atoms in total. The van der Waals surface area contributed by atoms with Gasteiger partial charge in [-0.2, -0.15) is 0 Å². The van der Waals surface area contributed by atoms with Crippen LogP contribution in [0, 0.1) is 33.5 Å². The van der Waals surface area contributed by atoms with Crippen molar-refractivity contribution in [2.75, 3.05) is 11.9 Å². The lowest BCUT2D eigenvalue weighted by molar-refractivity contribution is -0.384. The van der Waals surface area contributed by atoms with Gasteiger partial charge in [-0.3, -0.25) is 19.7 Å². The van der Waals surface area contributed by atoms with Crippen LogP contribution in [0.4, 0.5) is 24.5 Å². The first-order valence-electron chi connectivity index (χ1n) is 9.16. The number of carbonyl (C=O) groups excluding carboxylic acids is 3. The summed E-state index contributed by atoms with van der Waals surface area (Å²) in [5.41, 5.74) is -1.85. The molecule has 0 saturated carbocycles. The highest BCUT2D eigenvalue weighted by molar-refractivity contribution is 5.98. The number of carbonyl (C=O) groups is 3. The van der Waals surface area contributed by atoms with Crippen LogP contribution in [0.3, 0.4) is 0 Å². The van der Waals surface area contributed by atoms with Crippen LogP contribution in [-0.2, 0) is 14.3 Å². The minimum absolute atomic E-state index is 0.471. The second-order valence-corrected chi connectivity index (χ2v) is 6.87. The molecule has 0 bridgehead atoms. The van der Waals surface area contributed by atoms with Gasteiger partial charge in [-0.05, 0) is 24.1 Å². The number of rotatable bonds is 8. The van der Waals surface area contributed by atoms with Crippen LogP contribution in [0.5, 0.6) is 0 Å². The average molecular weight is 453 g/mol. The number of halogens is 3. The van der Waals surface area contributed by atoms with Gasteiger partial charge in [-0.25, -0.2) is 18.0 Å². The van der Waals surface area contributed by atoms with Gasteiger partial charge in [0.25, 0.3) is 17.5 Å². The fraction of sp³-hybridized carbons (Fsp3) is 0.250. The zero-order valence-electron chi connectivity index (χ0n) is 16.9. The lowest BCUT2D eigenvalue weighted by Gasteiger charge is -2.21. The topological polar surface area (TPSA) is 128 Å². The fourth-order valence-electron chi connectivity index (χ4n) is 2.56. The summed E-state index contributed by atoms with van der Waals surface area (Å²) in [4.78, 5) is 46.5. The number of non-ortho nitro benzene ring substituents is 1. The third kappa shape index (κ3) is 6.03. The molecule has 1 unspecified atom stereocenters. The van der Waals surface area contributed by atoms with Crippen molar-refractivity contribution in [2.45, 2.75) is 19.9 Å². The zero-order chi connectivity index (χ0) is 24.0. The van der Waals surface area contributed by atoms with Crippen LogP contribution in [-0.4, -0.2) is 35.4 Å². The Labute approximate surface area is 179 Å². The Morgan fingerprint density at radius 3 is 2.25 bits per heavy atom. The van der Waals surface area contributed by atoms with E-state index in [0.717, 1.165) is 36.4 Å². The summed E-state index contributed by atoms with van der Waals surface area (Å²) in [5, 5.41) is 14.9. The van der Waals surface area contributed by atoms with Gasteiger partial charge in [-0.1, -0.05) is 19.9 Å². The van der Waals surface area contributed by atoms with Crippen molar-refractivity contribution in [2.24, 2.45) is 5.92 Å². The predicted octanol–water partition coefficient (Wildman–Crippen LogP) is 2.95. The molecule has 0 heterocycles. The molecule has 2 N–H and O–H groups in total. The number of esters is 1. The predicted molar refractivity (Wildman–Crippen MR) is 105 cm³/mol. The highest BCUT2D eigenvalue weighted by Crippen LogP contribution is 2.21. The van der Waals surface area contributed by atoms with Crippen molar-refractivity contribution in [1.29, 1.82) is 0 Å². The molecule has 1 atom stereocenters. The molecule has 170 valence electrons. The Balaban J connectivity index is 2.03. The summed E-state index contributed by atoms with van der Waals surface area (Å²) < 4.78 is 46.1. The number of nitro benzene ring substituents is 1. The summed E-state index contributed by atoms with van der Waals surface area (Å²) in [6, 6.07) is 3.93. The number of benzene rings is 2. The second kappa shape index (κ2) is 10.4. The van der Waals surface area contributed by atoms with Crippen LogP contribution in [0.15, 0.2) is 36.4 Å². The molecular formula is C20H18F3N3O6. The molecule has 2 aromatic rings. The second-order valence-electron chi connectivity index (χ2n) is 6.87. The molecule has 0 fully saturated rings. The largest absolute Gasteiger partial charge is 0.454 e. The number of hydrogen-bond donors (Lipinski definition) is 2. The van der Waals surface area contributed by atoms with Crippen molar-refractivity contribution in [3.63, 3.8) is 0 Å². The molecule has 0 radical (unpaired) electrons. The molecule has 0 aliphatic carbocycles. The minimum Gasteiger partial charge on any atom is -0.454 e. The number of nitrogens with zero attached hydrogens (tertiary/aromatic N) is 1. The average Bonchev–Trinajstić information content (AvgIpc) is 2.71. The zero-order valence-corrected chi connectivity index (χ0v) is 16.9. The van der Waals surface area contributed by atoms with Crippen LogP contribution in [0.1, 0.15) is 24.2 Å². The Kier molecular flexibility index (Phi) is 7.88. The summed E-state index contributed by atoms with van der Waals surface area (Å²) in [7, 11) is 0. The Morgan fingerprint density at radius 2 is 1.69 bits per heavy atom. The van der Waals surface area contributed by atoms with Crippen molar-refractivity contribution in [3.05, 3.63) is 69.5 Å². The molecule has 0 aromatic heterocycles. The maximum Gasteiger partial charge on any atom is 0.329 e. The third-order valence-corrected chi connectivity index (χ3v) is 4.18. The third-order valence-electron chi connectivity index (χ3n) is 4.18. The van der Waals surface area contributed by atoms with Gasteiger partial charge in [0.05, 0.1) is 10.6 Å². The molecule has 0 aliphatic rings. The van der Waals surface area contributed by atoms with E-state index < -0.39 is 75.7 Å².